The number of likely N-dealkylation sites (N-methyl/N-ethyl adjacent to an activating group) is 1. The van der Waals surface area contributed by atoms with Gasteiger partial charge in [0.1, 0.15) is 11.5 Å². The number of halogens is 1. The maximum atomic E-state index is 12.5. The molecule has 0 spiro atoms. The molecule has 0 aliphatic heterocycles. The van der Waals surface area contributed by atoms with E-state index in [4.69, 9.17) is 4.52 Å². The van der Waals surface area contributed by atoms with Gasteiger partial charge in [-0.05, 0) is 25.1 Å². The number of carbonyl (C=O) groups is 2. The van der Waals surface area contributed by atoms with Crippen LogP contribution in [0.3, 0.4) is 0 Å². The van der Waals surface area contributed by atoms with Crippen molar-refractivity contribution in [1.29, 1.82) is 0 Å². The predicted molar refractivity (Wildman–Crippen MR) is 92.8 cm³/mol. The van der Waals surface area contributed by atoms with Crippen molar-refractivity contribution >= 4 is 44.5 Å². The fourth-order valence-corrected chi connectivity index (χ4v) is 2.68. The number of aromatic nitrogens is 2. The smallest absolute Gasteiger partial charge is 0.270 e. The molecule has 124 valence electrons. The summed E-state index contributed by atoms with van der Waals surface area (Å²) in [6.45, 7) is 1.64. The molecule has 0 saturated heterocycles. The molecule has 2 N–H and O–H groups in total. The van der Waals surface area contributed by atoms with Gasteiger partial charge >= 0.3 is 0 Å². The molecule has 7 nitrogen and oxygen atoms in total. The highest BCUT2D eigenvalue weighted by molar-refractivity contribution is 9.10. The predicted octanol–water partition coefficient (Wildman–Crippen LogP) is 2.94. The van der Waals surface area contributed by atoms with Gasteiger partial charge in [-0.25, -0.2) is 0 Å². The number of rotatable bonds is 4. The van der Waals surface area contributed by atoms with E-state index in [2.05, 4.69) is 31.4 Å². The van der Waals surface area contributed by atoms with Gasteiger partial charge in [0.2, 0.25) is 5.91 Å². The maximum Gasteiger partial charge on any atom is 0.270 e. The molecule has 8 heteroatoms. The number of aromatic amines is 1. The van der Waals surface area contributed by atoms with Gasteiger partial charge in [-0.2, -0.15) is 0 Å². The first-order chi connectivity index (χ1) is 11.4. The number of nitrogens with one attached hydrogen (secondary N) is 2. The van der Waals surface area contributed by atoms with Crippen LogP contribution in [0.2, 0.25) is 0 Å². The van der Waals surface area contributed by atoms with Crippen molar-refractivity contribution in [3.05, 3.63) is 46.3 Å². The van der Waals surface area contributed by atoms with E-state index in [1.165, 1.54) is 4.90 Å². The SMILES string of the molecule is Cc1cc(NC(=O)CN(C)C(=O)c2cc3ccc(Br)cc3[nH]2)no1. The van der Waals surface area contributed by atoms with Crippen molar-refractivity contribution in [3.63, 3.8) is 0 Å². The van der Waals surface area contributed by atoms with E-state index in [9.17, 15) is 9.59 Å². The van der Waals surface area contributed by atoms with Crippen molar-refractivity contribution in [3.8, 4) is 0 Å². The zero-order valence-corrected chi connectivity index (χ0v) is 14.7. The van der Waals surface area contributed by atoms with Gasteiger partial charge in [0.05, 0.1) is 6.54 Å². The number of fused-ring (bicyclic) bond motifs is 1. The van der Waals surface area contributed by atoms with E-state index in [1.807, 2.05) is 18.2 Å². The molecule has 2 heterocycles. The lowest BCUT2D eigenvalue weighted by molar-refractivity contribution is -0.116. The number of hydrogen-bond donors (Lipinski definition) is 2. The van der Waals surface area contributed by atoms with Gasteiger partial charge in [-0.3, -0.25) is 9.59 Å². The van der Waals surface area contributed by atoms with Gasteiger partial charge < -0.3 is 19.7 Å². The summed E-state index contributed by atoms with van der Waals surface area (Å²) in [6, 6.07) is 9.08. The lowest BCUT2D eigenvalue weighted by atomic mass is 10.2. The highest BCUT2D eigenvalue weighted by Gasteiger charge is 2.17. The molecule has 1 aromatic carbocycles. The second-order valence-corrected chi connectivity index (χ2v) is 6.36. The molecule has 0 atom stereocenters. The summed E-state index contributed by atoms with van der Waals surface area (Å²) in [4.78, 5) is 28.8. The van der Waals surface area contributed by atoms with Crippen molar-refractivity contribution in [1.82, 2.24) is 15.0 Å². The molecular weight excluding hydrogens is 376 g/mol. The Morgan fingerprint density at radius 2 is 2.12 bits per heavy atom. The van der Waals surface area contributed by atoms with E-state index >= 15 is 0 Å². The standard InChI is InChI=1S/C16H15BrN4O3/c1-9-5-14(20-24-9)19-15(22)8-21(2)16(23)13-6-10-3-4-11(17)7-12(10)18-13/h3-7,18H,8H2,1-2H3,(H,19,20,22). The molecule has 24 heavy (non-hydrogen) atoms. The van der Waals surface area contributed by atoms with Crippen LogP contribution in [0, 0.1) is 6.92 Å². The normalized spacial score (nSPS) is 10.8. The van der Waals surface area contributed by atoms with Crippen LogP contribution in [-0.2, 0) is 4.79 Å². The van der Waals surface area contributed by atoms with Crippen LogP contribution in [0.4, 0.5) is 5.82 Å². The third-order valence-electron chi connectivity index (χ3n) is 3.44. The third-order valence-corrected chi connectivity index (χ3v) is 3.93. The van der Waals surface area contributed by atoms with Crippen molar-refractivity contribution in [2.75, 3.05) is 18.9 Å². The lowest BCUT2D eigenvalue weighted by Gasteiger charge is -2.15. The number of H-pyrrole nitrogens is 1. The second-order valence-electron chi connectivity index (χ2n) is 5.45. The minimum absolute atomic E-state index is 0.0935. The molecule has 0 aliphatic rings. The molecule has 2 aromatic heterocycles. The number of hydrogen-bond acceptors (Lipinski definition) is 4. The Balaban J connectivity index is 1.67. The Kier molecular flexibility index (Phi) is 4.39. The highest BCUT2D eigenvalue weighted by Crippen LogP contribution is 2.21. The topological polar surface area (TPSA) is 91.2 Å². The number of benzene rings is 1. The molecule has 0 aliphatic carbocycles. The summed E-state index contributed by atoms with van der Waals surface area (Å²) in [5, 5.41) is 7.19. The van der Waals surface area contributed by atoms with E-state index in [1.54, 1.807) is 26.1 Å². The summed E-state index contributed by atoms with van der Waals surface area (Å²) in [5.41, 5.74) is 1.28. The van der Waals surface area contributed by atoms with Crippen LogP contribution < -0.4 is 5.32 Å². The molecular formula is C16H15BrN4O3. The highest BCUT2D eigenvalue weighted by atomic mass is 79.9. The van der Waals surface area contributed by atoms with Crippen LogP contribution in [0.5, 0.6) is 0 Å². The number of aryl methyl sites for hydroxylation is 1. The molecule has 0 radical (unpaired) electrons. The molecule has 2 amide bonds. The van der Waals surface area contributed by atoms with Crippen LogP contribution in [0.1, 0.15) is 16.2 Å². The summed E-state index contributed by atoms with van der Waals surface area (Å²) in [5.74, 6) is 0.305. The monoisotopic (exact) mass is 390 g/mol. The third kappa shape index (κ3) is 3.48. The number of nitrogens with zero attached hydrogens (tertiary/aromatic N) is 2. The van der Waals surface area contributed by atoms with Gasteiger partial charge in [-0.15, -0.1) is 0 Å². The lowest BCUT2D eigenvalue weighted by Crippen LogP contribution is -2.35. The Bertz CT molecular complexity index is 915. The van der Waals surface area contributed by atoms with E-state index in [0.717, 1.165) is 15.4 Å². The zero-order chi connectivity index (χ0) is 17.3. The van der Waals surface area contributed by atoms with Crippen molar-refractivity contribution in [2.45, 2.75) is 6.92 Å². The summed E-state index contributed by atoms with van der Waals surface area (Å²) in [7, 11) is 1.57. The zero-order valence-electron chi connectivity index (χ0n) is 13.1. The van der Waals surface area contributed by atoms with E-state index < -0.39 is 0 Å². The minimum atomic E-state index is -0.349. The summed E-state index contributed by atoms with van der Waals surface area (Å²) in [6.07, 6.45) is 0. The molecule has 0 bridgehead atoms. The summed E-state index contributed by atoms with van der Waals surface area (Å²) >= 11 is 3.39. The van der Waals surface area contributed by atoms with Gasteiger partial charge in [-0.1, -0.05) is 27.2 Å². The first-order valence-electron chi connectivity index (χ1n) is 7.19. The molecule has 0 saturated carbocycles. The molecule has 0 unspecified atom stereocenters. The fourth-order valence-electron chi connectivity index (χ4n) is 2.32. The number of anilines is 1. The fraction of sp³-hybridized carbons (Fsp3) is 0.188. The second kappa shape index (κ2) is 6.48. The first-order valence-corrected chi connectivity index (χ1v) is 7.98. The van der Waals surface area contributed by atoms with Crippen LogP contribution >= 0.6 is 15.9 Å². The summed E-state index contributed by atoms with van der Waals surface area (Å²) < 4.78 is 5.80. The van der Waals surface area contributed by atoms with E-state index in [0.29, 0.717) is 17.3 Å². The Morgan fingerprint density at radius 3 is 2.83 bits per heavy atom. The molecule has 3 aromatic rings. The largest absolute Gasteiger partial charge is 0.360 e. The van der Waals surface area contributed by atoms with Crippen molar-refractivity contribution < 1.29 is 14.1 Å². The maximum absolute atomic E-state index is 12.5. The Morgan fingerprint density at radius 1 is 1.33 bits per heavy atom. The van der Waals surface area contributed by atoms with Gasteiger partial charge in [0.25, 0.3) is 5.91 Å². The van der Waals surface area contributed by atoms with Crippen molar-refractivity contribution in [2.24, 2.45) is 0 Å². The number of carbonyl (C=O) groups excluding carboxylic acids is 2. The molecule has 3 rings (SSSR count). The van der Waals surface area contributed by atoms with Crippen LogP contribution in [-0.4, -0.2) is 40.4 Å². The quantitative estimate of drug-likeness (QED) is 0.716. The van der Waals surface area contributed by atoms with Gasteiger partial charge in [0, 0.05) is 28.5 Å². The number of amides is 2. The molecule has 0 fully saturated rings. The Hall–Kier alpha value is -2.61. The van der Waals surface area contributed by atoms with Gasteiger partial charge in [0.15, 0.2) is 5.82 Å². The van der Waals surface area contributed by atoms with Crippen LogP contribution in [0.25, 0.3) is 10.9 Å². The average Bonchev–Trinajstić information content (AvgIpc) is 3.11. The first kappa shape index (κ1) is 16.3. The Labute approximate surface area is 146 Å². The minimum Gasteiger partial charge on any atom is -0.360 e. The van der Waals surface area contributed by atoms with Crippen LogP contribution in [0.15, 0.2) is 39.3 Å². The van der Waals surface area contributed by atoms with E-state index in [-0.39, 0.29) is 18.4 Å². The average molecular weight is 391 g/mol.